The van der Waals surface area contributed by atoms with Crippen molar-refractivity contribution in [1.29, 1.82) is 0 Å². The van der Waals surface area contributed by atoms with E-state index in [1.54, 1.807) is 12.0 Å². The Balaban J connectivity index is 2.34. The summed E-state index contributed by atoms with van der Waals surface area (Å²) in [4.78, 5) is 13.6. The van der Waals surface area contributed by atoms with Crippen molar-refractivity contribution < 1.29 is 9.53 Å². The van der Waals surface area contributed by atoms with Crippen LogP contribution in [0.4, 0.5) is 5.69 Å². The van der Waals surface area contributed by atoms with Crippen LogP contribution in [0.15, 0.2) is 22.7 Å². The van der Waals surface area contributed by atoms with Gasteiger partial charge in [0.25, 0.3) is 0 Å². The summed E-state index contributed by atoms with van der Waals surface area (Å²) in [6.07, 6.45) is 0. The molecule has 5 heteroatoms. The van der Waals surface area contributed by atoms with Gasteiger partial charge < -0.3 is 15.4 Å². The molecule has 2 rings (SSSR count). The SMILES string of the molecule is COCCN1C(=O)C(N)c2cc(Br)ccc21. The Bertz CT molecular complexity index is 422. The van der Waals surface area contributed by atoms with Crippen molar-refractivity contribution in [2.24, 2.45) is 5.73 Å². The Hall–Kier alpha value is -0.910. The maximum atomic E-state index is 11.9. The van der Waals surface area contributed by atoms with Crippen LogP contribution in [-0.4, -0.2) is 26.2 Å². The lowest BCUT2D eigenvalue weighted by Crippen LogP contribution is -2.34. The summed E-state index contributed by atoms with van der Waals surface area (Å²) in [5.41, 5.74) is 7.63. The molecular weight excluding hydrogens is 272 g/mol. The van der Waals surface area contributed by atoms with Crippen LogP contribution in [0.1, 0.15) is 11.6 Å². The molecule has 0 saturated carbocycles. The lowest BCUT2D eigenvalue weighted by atomic mass is 10.1. The molecule has 0 aromatic heterocycles. The molecule has 1 aromatic carbocycles. The van der Waals surface area contributed by atoms with Crippen LogP contribution in [0.2, 0.25) is 0 Å². The molecule has 0 radical (unpaired) electrons. The number of anilines is 1. The summed E-state index contributed by atoms with van der Waals surface area (Å²) in [5, 5.41) is 0. The number of rotatable bonds is 3. The van der Waals surface area contributed by atoms with Crippen LogP contribution in [0.5, 0.6) is 0 Å². The number of hydrogen-bond donors (Lipinski definition) is 1. The zero-order valence-electron chi connectivity index (χ0n) is 8.94. The lowest BCUT2D eigenvalue weighted by Gasteiger charge is -2.16. The number of nitrogens with two attached hydrogens (primary N) is 1. The highest BCUT2D eigenvalue weighted by atomic mass is 79.9. The molecule has 1 aliphatic heterocycles. The van der Waals surface area contributed by atoms with E-state index in [1.165, 1.54) is 0 Å². The van der Waals surface area contributed by atoms with Gasteiger partial charge in [0.1, 0.15) is 6.04 Å². The first-order chi connectivity index (χ1) is 7.65. The van der Waals surface area contributed by atoms with Gasteiger partial charge in [0.2, 0.25) is 5.91 Å². The van der Waals surface area contributed by atoms with Gasteiger partial charge in [0.05, 0.1) is 6.61 Å². The zero-order chi connectivity index (χ0) is 11.7. The molecule has 4 nitrogen and oxygen atoms in total. The summed E-state index contributed by atoms with van der Waals surface area (Å²) >= 11 is 3.37. The molecule has 0 aliphatic carbocycles. The highest BCUT2D eigenvalue weighted by molar-refractivity contribution is 9.10. The Labute approximate surface area is 102 Å². The number of amides is 1. The number of halogens is 1. The average molecular weight is 285 g/mol. The van der Waals surface area contributed by atoms with E-state index in [0.29, 0.717) is 13.2 Å². The number of hydrogen-bond acceptors (Lipinski definition) is 3. The van der Waals surface area contributed by atoms with Gasteiger partial charge in [0, 0.05) is 29.4 Å². The number of nitrogens with zero attached hydrogens (tertiary/aromatic N) is 1. The molecule has 1 heterocycles. The summed E-state index contributed by atoms with van der Waals surface area (Å²) in [6, 6.07) is 5.15. The van der Waals surface area contributed by atoms with Crippen molar-refractivity contribution in [3.05, 3.63) is 28.2 Å². The second-order valence-corrected chi connectivity index (χ2v) is 4.58. The van der Waals surface area contributed by atoms with Crippen LogP contribution in [0.3, 0.4) is 0 Å². The molecule has 1 amide bonds. The molecule has 1 atom stereocenters. The van der Waals surface area contributed by atoms with Crippen molar-refractivity contribution >= 4 is 27.5 Å². The van der Waals surface area contributed by atoms with Crippen molar-refractivity contribution in [1.82, 2.24) is 0 Å². The Kier molecular flexibility index (Phi) is 3.28. The number of ether oxygens (including phenoxy) is 1. The second kappa shape index (κ2) is 4.53. The molecule has 86 valence electrons. The lowest BCUT2D eigenvalue weighted by molar-refractivity contribution is -0.119. The zero-order valence-corrected chi connectivity index (χ0v) is 10.5. The minimum Gasteiger partial charge on any atom is -0.383 e. The van der Waals surface area contributed by atoms with Gasteiger partial charge in [-0.1, -0.05) is 15.9 Å². The van der Waals surface area contributed by atoms with Gasteiger partial charge >= 0.3 is 0 Å². The van der Waals surface area contributed by atoms with Crippen molar-refractivity contribution in [2.75, 3.05) is 25.2 Å². The van der Waals surface area contributed by atoms with Crippen molar-refractivity contribution in [3.8, 4) is 0 Å². The highest BCUT2D eigenvalue weighted by Gasteiger charge is 2.34. The fourth-order valence-corrected chi connectivity index (χ4v) is 2.23. The van der Waals surface area contributed by atoms with E-state index in [2.05, 4.69) is 15.9 Å². The maximum Gasteiger partial charge on any atom is 0.248 e. The minimum absolute atomic E-state index is 0.0647. The van der Waals surface area contributed by atoms with E-state index >= 15 is 0 Å². The molecular formula is C11H13BrN2O2. The van der Waals surface area contributed by atoms with E-state index in [-0.39, 0.29) is 5.91 Å². The third-order valence-electron chi connectivity index (χ3n) is 2.67. The molecule has 2 N–H and O–H groups in total. The Morgan fingerprint density at radius 3 is 3.00 bits per heavy atom. The summed E-state index contributed by atoms with van der Waals surface area (Å²) in [6.45, 7) is 1.05. The molecule has 0 bridgehead atoms. The first-order valence-corrected chi connectivity index (χ1v) is 5.80. The van der Waals surface area contributed by atoms with Gasteiger partial charge in [-0.2, -0.15) is 0 Å². The van der Waals surface area contributed by atoms with Gasteiger partial charge in [-0.3, -0.25) is 4.79 Å². The monoisotopic (exact) mass is 284 g/mol. The van der Waals surface area contributed by atoms with Crippen molar-refractivity contribution in [3.63, 3.8) is 0 Å². The predicted molar refractivity (Wildman–Crippen MR) is 65.3 cm³/mol. The van der Waals surface area contributed by atoms with Crippen LogP contribution in [0, 0.1) is 0 Å². The van der Waals surface area contributed by atoms with Gasteiger partial charge in [-0.25, -0.2) is 0 Å². The quantitative estimate of drug-likeness (QED) is 0.914. The minimum atomic E-state index is -0.552. The number of methoxy groups -OCH3 is 1. The maximum absolute atomic E-state index is 11.9. The van der Waals surface area contributed by atoms with Crippen LogP contribution in [0.25, 0.3) is 0 Å². The molecule has 1 aliphatic rings. The molecule has 0 saturated heterocycles. The fourth-order valence-electron chi connectivity index (χ4n) is 1.85. The van der Waals surface area contributed by atoms with E-state index in [0.717, 1.165) is 15.7 Å². The standard InChI is InChI=1S/C11H13BrN2O2/c1-16-5-4-14-9-3-2-7(12)6-8(9)10(13)11(14)15/h2-3,6,10H,4-5,13H2,1H3. The van der Waals surface area contributed by atoms with Crippen LogP contribution in [-0.2, 0) is 9.53 Å². The third kappa shape index (κ3) is 1.86. The van der Waals surface area contributed by atoms with E-state index in [4.69, 9.17) is 10.5 Å². The van der Waals surface area contributed by atoms with Crippen LogP contribution >= 0.6 is 15.9 Å². The van der Waals surface area contributed by atoms with E-state index in [9.17, 15) is 4.79 Å². The smallest absolute Gasteiger partial charge is 0.248 e. The normalized spacial score (nSPS) is 19.1. The number of benzene rings is 1. The number of carbonyl (C=O) groups excluding carboxylic acids is 1. The summed E-state index contributed by atoms with van der Waals surface area (Å²) < 4.78 is 5.92. The highest BCUT2D eigenvalue weighted by Crippen LogP contribution is 2.35. The number of carbonyl (C=O) groups is 1. The van der Waals surface area contributed by atoms with Crippen molar-refractivity contribution in [2.45, 2.75) is 6.04 Å². The topological polar surface area (TPSA) is 55.6 Å². The first kappa shape index (κ1) is 11.6. The fraction of sp³-hybridized carbons (Fsp3) is 0.364. The van der Waals surface area contributed by atoms with Gasteiger partial charge in [-0.15, -0.1) is 0 Å². The summed E-state index contributed by atoms with van der Waals surface area (Å²) in [5.74, 6) is -0.0647. The molecule has 1 unspecified atom stereocenters. The average Bonchev–Trinajstić information content (AvgIpc) is 2.50. The summed E-state index contributed by atoms with van der Waals surface area (Å²) in [7, 11) is 1.61. The van der Waals surface area contributed by atoms with Gasteiger partial charge in [-0.05, 0) is 18.2 Å². The Morgan fingerprint density at radius 1 is 1.56 bits per heavy atom. The van der Waals surface area contributed by atoms with Crippen LogP contribution < -0.4 is 10.6 Å². The predicted octanol–water partition coefficient (Wildman–Crippen LogP) is 1.44. The Morgan fingerprint density at radius 2 is 2.31 bits per heavy atom. The first-order valence-electron chi connectivity index (χ1n) is 5.00. The number of fused-ring (bicyclic) bond motifs is 1. The largest absolute Gasteiger partial charge is 0.383 e. The molecule has 0 spiro atoms. The molecule has 0 fully saturated rings. The van der Waals surface area contributed by atoms with Gasteiger partial charge in [0.15, 0.2) is 0 Å². The van der Waals surface area contributed by atoms with E-state index < -0.39 is 6.04 Å². The molecule has 16 heavy (non-hydrogen) atoms. The second-order valence-electron chi connectivity index (χ2n) is 3.66. The molecule has 1 aromatic rings. The third-order valence-corrected chi connectivity index (χ3v) is 3.16. The van der Waals surface area contributed by atoms with E-state index in [1.807, 2.05) is 18.2 Å².